The molecule has 2 heterocycles. The largest absolute Gasteiger partial charge is 0.467 e. The summed E-state index contributed by atoms with van der Waals surface area (Å²) in [7, 11) is 0. The quantitative estimate of drug-likeness (QED) is 0.713. The van der Waals surface area contributed by atoms with Crippen molar-refractivity contribution in [1.29, 1.82) is 5.26 Å². The van der Waals surface area contributed by atoms with Gasteiger partial charge in [0.2, 0.25) is 0 Å². The van der Waals surface area contributed by atoms with E-state index in [1.54, 1.807) is 24.5 Å². The third-order valence-electron chi connectivity index (χ3n) is 4.90. The molecule has 4 rings (SSSR count). The second-order valence-corrected chi connectivity index (χ2v) is 6.90. The van der Waals surface area contributed by atoms with Crippen LogP contribution in [0.5, 0.6) is 0 Å². The van der Waals surface area contributed by atoms with E-state index in [-0.39, 0.29) is 18.5 Å². The van der Waals surface area contributed by atoms with Crippen LogP contribution in [0.4, 0.5) is 5.69 Å². The van der Waals surface area contributed by atoms with Crippen molar-refractivity contribution in [2.45, 2.75) is 19.4 Å². The van der Waals surface area contributed by atoms with Crippen molar-refractivity contribution in [3.05, 3.63) is 89.4 Å². The van der Waals surface area contributed by atoms with Crippen molar-refractivity contribution in [1.82, 2.24) is 5.01 Å². The fraction of sp³-hybridized carbons (Fsp3) is 0.174. The van der Waals surface area contributed by atoms with Gasteiger partial charge < -0.3 is 9.73 Å². The van der Waals surface area contributed by atoms with Gasteiger partial charge in [-0.15, -0.1) is 0 Å². The van der Waals surface area contributed by atoms with Crippen LogP contribution in [0, 0.1) is 18.3 Å². The average molecular weight is 384 g/mol. The molecule has 1 aliphatic rings. The van der Waals surface area contributed by atoms with Crippen LogP contribution in [0.1, 0.15) is 34.9 Å². The number of para-hydroxylation sites is 1. The number of rotatable bonds is 5. The third kappa shape index (κ3) is 3.90. The highest BCUT2D eigenvalue weighted by molar-refractivity contribution is 6.03. The van der Waals surface area contributed by atoms with E-state index in [2.05, 4.69) is 16.5 Å². The van der Waals surface area contributed by atoms with E-state index < -0.39 is 0 Å². The Hall–Kier alpha value is -3.85. The molecule has 6 nitrogen and oxygen atoms in total. The van der Waals surface area contributed by atoms with Crippen molar-refractivity contribution >= 4 is 17.3 Å². The van der Waals surface area contributed by atoms with E-state index >= 15 is 0 Å². The Balaban J connectivity index is 1.56. The molecule has 0 aliphatic carbocycles. The molecule has 2 aromatic carbocycles. The van der Waals surface area contributed by atoms with Gasteiger partial charge in [-0.1, -0.05) is 42.0 Å². The van der Waals surface area contributed by atoms with Gasteiger partial charge in [0.1, 0.15) is 17.9 Å². The number of hydrazone groups is 1. The first kappa shape index (κ1) is 18.5. The van der Waals surface area contributed by atoms with Crippen molar-refractivity contribution in [3.8, 4) is 6.07 Å². The van der Waals surface area contributed by atoms with Crippen LogP contribution < -0.4 is 5.32 Å². The first-order valence-electron chi connectivity index (χ1n) is 9.38. The summed E-state index contributed by atoms with van der Waals surface area (Å²) < 4.78 is 5.57. The number of carbonyl (C=O) groups is 1. The number of carbonyl (C=O) groups excluding carboxylic acids is 1. The standard InChI is InChI=1S/C23H20N4O2/c1-16-8-10-17(11-9-16)20-13-21(22-7-4-12-29-22)27(26-20)23(28)15-25-19-6-3-2-5-18(19)14-24/h2-12,21,25H,13,15H2,1H3/t21-/m1/s1. The maximum atomic E-state index is 13.0. The van der Waals surface area contributed by atoms with Crippen LogP contribution in [-0.4, -0.2) is 23.2 Å². The lowest BCUT2D eigenvalue weighted by molar-refractivity contribution is -0.131. The number of amides is 1. The topological polar surface area (TPSA) is 81.6 Å². The Morgan fingerprint density at radius 1 is 1.21 bits per heavy atom. The molecule has 1 N–H and O–H groups in total. The fourth-order valence-corrected chi connectivity index (χ4v) is 3.35. The molecule has 6 heteroatoms. The van der Waals surface area contributed by atoms with Gasteiger partial charge >= 0.3 is 0 Å². The lowest BCUT2D eigenvalue weighted by atomic mass is 10.0. The number of nitrogens with one attached hydrogen (secondary N) is 1. The minimum Gasteiger partial charge on any atom is -0.467 e. The summed E-state index contributed by atoms with van der Waals surface area (Å²) in [4.78, 5) is 13.0. The molecule has 0 fully saturated rings. The lowest BCUT2D eigenvalue weighted by Gasteiger charge is -2.20. The molecular weight excluding hydrogens is 364 g/mol. The van der Waals surface area contributed by atoms with Gasteiger partial charge in [-0.3, -0.25) is 4.79 Å². The predicted octanol–water partition coefficient (Wildman–Crippen LogP) is 4.25. The number of hydrogen-bond acceptors (Lipinski definition) is 5. The van der Waals surface area contributed by atoms with E-state index in [4.69, 9.17) is 4.42 Å². The molecule has 1 aliphatic heterocycles. The Morgan fingerprint density at radius 3 is 2.72 bits per heavy atom. The van der Waals surface area contributed by atoms with Crippen molar-refractivity contribution < 1.29 is 9.21 Å². The second kappa shape index (κ2) is 8.03. The fourth-order valence-electron chi connectivity index (χ4n) is 3.35. The Morgan fingerprint density at radius 2 is 2.00 bits per heavy atom. The van der Waals surface area contributed by atoms with E-state index in [0.717, 1.165) is 11.3 Å². The molecule has 0 radical (unpaired) electrons. The number of nitrogens with zero attached hydrogens (tertiary/aromatic N) is 3. The smallest absolute Gasteiger partial charge is 0.262 e. The minimum absolute atomic E-state index is 0.0284. The van der Waals surface area contributed by atoms with E-state index in [9.17, 15) is 10.1 Å². The van der Waals surface area contributed by atoms with E-state index in [1.165, 1.54) is 10.6 Å². The molecule has 0 bridgehead atoms. The Bertz CT molecular complexity index is 1080. The van der Waals surface area contributed by atoms with Crippen LogP contribution in [0.3, 0.4) is 0 Å². The van der Waals surface area contributed by atoms with E-state index in [1.807, 2.05) is 49.4 Å². The third-order valence-corrected chi connectivity index (χ3v) is 4.90. The molecule has 1 atom stereocenters. The van der Waals surface area contributed by atoms with Crippen LogP contribution in [0.25, 0.3) is 0 Å². The number of nitriles is 1. The van der Waals surface area contributed by atoms with Gasteiger partial charge in [0.25, 0.3) is 5.91 Å². The normalized spacial score (nSPS) is 15.7. The molecule has 0 saturated carbocycles. The van der Waals surface area contributed by atoms with Gasteiger partial charge in [-0.05, 0) is 36.8 Å². The summed E-state index contributed by atoms with van der Waals surface area (Å²) in [6.07, 6.45) is 2.18. The Kier molecular flexibility index (Phi) is 5.12. The summed E-state index contributed by atoms with van der Waals surface area (Å²) >= 11 is 0. The zero-order valence-electron chi connectivity index (χ0n) is 16.0. The van der Waals surface area contributed by atoms with Crippen molar-refractivity contribution in [2.24, 2.45) is 5.10 Å². The summed E-state index contributed by atoms with van der Waals surface area (Å²) in [5.41, 5.74) is 4.12. The number of furan rings is 1. The minimum atomic E-state index is -0.290. The highest BCUT2D eigenvalue weighted by Gasteiger charge is 2.34. The summed E-state index contributed by atoms with van der Waals surface area (Å²) in [5, 5.41) is 18.4. The average Bonchev–Trinajstić information content (AvgIpc) is 3.42. The summed E-state index contributed by atoms with van der Waals surface area (Å²) in [5.74, 6) is 0.503. The highest BCUT2D eigenvalue weighted by atomic mass is 16.3. The maximum absolute atomic E-state index is 13.0. The number of aryl methyl sites for hydroxylation is 1. The zero-order valence-corrected chi connectivity index (χ0v) is 16.0. The maximum Gasteiger partial charge on any atom is 0.262 e. The zero-order chi connectivity index (χ0) is 20.2. The van der Waals surface area contributed by atoms with Gasteiger partial charge in [-0.2, -0.15) is 10.4 Å². The molecule has 0 saturated heterocycles. The van der Waals surface area contributed by atoms with Crippen molar-refractivity contribution in [2.75, 3.05) is 11.9 Å². The summed E-state index contributed by atoms with van der Waals surface area (Å²) in [6, 6.07) is 20.7. The number of benzene rings is 2. The number of hydrogen-bond donors (Lipinski definition) is 1. The van der Waals surface area contributed by atoms with Crippen molar-refractivity contribution in [3.63, 3.8) is 0 Å². The van der Waals surface area contributed by atoms with Gasteiger partial charge in [0, 0.05) is 6.42 Å². The first-order chi connectivity index (χ1) is 14.2. The molecule has 144 valence electrons. The van der Waals surface area contributed by atoms with E-state index in [0.29, 0.717) is 23.4 Å². The van der Waals surface area contributed by atoms with Crippen LogP contribution in [0.2, 0.25) is 0 Å². The molecule has 1 aromatic heterocycles. The van der Waals surface area contributed by atoms with Gasteiger partial charge in [0.15, 0.2) is 0 Å². The summed E-state index contributed by atoms with van der Waals surface area (Å²) in [6.45, 7) is 2.06. The Labute approximate surface area is 169 Å². The SMILES string of the molecule is Cc1ccc(C2=NN(C(=O)CNc3ccccc3C#N)[C@@H](c3ccco3)C2)cc1. The number of anilines is 1. The first-order valence-corrected chi connectivity index (χ1v) is 9.38. The van der Waals surface area contributed by atoms with Crippen LogP contribution in [0.15, 0.2) is 76.4 Å². The molecule has 1 amide bonds. The van der Waals surface area contributed by atoms with Gasteiger partial charge in [-0.25, -0.2) is 5.01 Å². The monoisotopic (exact) mass is 384 g/mol. The highest BCUT2D eigenvalue weighted by Crippen LogP contribution is 2.33. The molecular formula is C23H20N4O2. The molecule has 3 aromatic rings. The molecule has 0 spiro atoms. The molecule has 0 unspecified atom stereocenters. The molecule has 29 heavy (non-hydrogen) atoms. The second-order valence-electron chi connectivity index (χ2n) is 6.90. The predicted molar refractivity (Wildman–Crippen MR) is 110 cm³/mol. The van der Waals surface area contributed by atoms with Crippen LogP contribution in [-0.2, 0) is 4.79 Å². The lowest BCUT2D eigenvalue weighted by Crippen LogP contribution is -2.32. The van der Waals surface area contributed by atoms with Crippen LogP contribution >= 0.6 is 0 Å². The van der Waals surface area contributed by atoms with Gasteiger partial charge in [0.05, 0.1) is 29.8 Å².